The van der Waals surface area contributed by atoms with Gasteiger partial charge in [0.15, 0.2) is 5.75 Å². The topological polar surface area (TPSA) is 226 Å². The van der Waals surface area contributed by atoms with Gasteiger partial charge in [-0.3, -0.25) is 14.7 Å². The van der Waals surface area contributed by atoms with Crippen LogP contribution < -0.4 is 35.3 Å². The molecule has 3 rings (SSSR count). The largest absolute Gasteiger partial charge is 1.00 e. The Kier molecular flexibility index (Phi) is 7.25. The van der Waals surface area contributed by atoms with Crippen LogP contribution in [0.15, 0.2) is 62.5 Å². The van der Waals surface area contributed by atoms with Gasteiger partial charge in [0.1, 0.15) is 15.8 Å². The van der Waals surface area contributed by atoms with Gasteiger partial charge in [-0.05, 0) is 35.7 Å². The first-order chi connectivity index (χ1) is 14.3. The number of rotatable bonds is 5. The molecule has 0 saturated heterocycles. The number of aromatic hydroxyl groups is 1. The van der Waals surface area contributed by atoms with Crippen LogP contribution in [0.3, 0.4) is 0 Å². The van der Waals surface area contributed by atoms with Crippen molar-refractivity contribution in [2.45, 2.75) is 9.79 Å². The van der Waals surface area contributed by atoms with Crippen LogP contribution in [0.25, 0.3) is 10.8 Å². The minimum Gasteiger partial charge on any atom is -0.744 e. The molecule has 0 spiro atoms. The normalized spacial score (nSPS) is 12.1. The quantitative estimate of drug-likeness (QED) is 0.105. The third kappa shape index (κ3) is 5.21. The summed E-state index contributed by atoms with van der Waals surface area (Å²) in [5.41, 5.74) is 4.41. The molecule has 0 unspecified atom stereocenters. The van der Waals surface area contributed by atoms with Crippen molar-refractivity contribution in [2.75, 3.05) is 5.73 Å². The Hall–Kier alpha value is -2.66. The fraction of sp³-hybridized carbons (Fsp3) is 0. The van der Waals surface area contributed by atoms with Gasteiger partial charge < -0.3 is 15.4 Å². The Labute approximate surface area is 202 Å². The van der Waals surface area contributed by atoms with Crippen LogP contribution in [0.1, 0.15) is 0 Å². The second-order valence-electron chi connectivity index (χ2n) is 6.09. The maximum absolute atomic E-state index is 11.7. The number of phenolic OH excluding ortho intramolecular Hbond substituents is 1. The van der Waals surface area contributed by atoms with E-state index in [4.69, 9.17) is 5.73 Å². The summed E-state index contributed by atoms with van der Waals surface area (Å²) < 4.78 is 67.0. The van der Waals surface area contributed by atoms with Gasteiger partial charge in [0.05, 0.1) is 20.4 Å². The van der Waals surface area contributed by atoms with E-state index in [1.807, 2.05) is 0 Å². The number of azo groups is 1. The minimum atomic E-state index is -5.24. The number of fused-ring (bicyclic) bond motifs is 1. The molecular weight excluding hydrogens is 479 g/mol. The number of hydrogen-bond acceptors (Lipinski definition) is 11. The average Bonchev–Trinajstić information content (AvgIpc) is 2.65. The number of nitrogens with zero attached hydrogens (tertiary/aromatic N) is 3. The number of benzene rings is 3. The molecule has 0 heterocycles. The predicted molar refractivity (Wildman–Crippen MR) is 105 cm³/mol. The number of non-ortho nitro benzene ring substituents is 1. The molecule has 3 aromatic carbocycles. The zero-order valence-electron chi connectivity index (χ0n) is 16.0. The van der Waals surface area contributed by atoms with E-state index in [2.05, 4.69) is 10.2 Å². The first kappa shape index (κ1) is 25.6. The van der Waals surface area contributed by atoms with Crippen molar-refractivity contribution in [3.05, 3.63) is 52.6 Å². The molecule has 0 aromatic heterocycles. The number of phenols is 1. The summed E-state index contributed by atoms with van der Waals surface area (Å²) >= 11 is 0. The van der Waals surface area contributed by atoms with Gasteiger partial charge >= 0.3 is 29.6 Å². The maximum Gasteiger partial charge on any atom is 1.00 e. The number of nitrogen functional groups attached to an aromatic ring is 1. The van der Waals surface area contributed by atoms with Crippen LogP contribution in [-0.4, -0.2) is 36.0 Å². The molecule has 3 aromatic rings. The van der Waals surface area contributed by atoms with Crippen LogP contribution in [0, 0.1) is 10.1 Å². The molecule has 0 fully saturated rings. The third-order valence-corrected chi connectivity index (χ3v) is 5.73. The molecule has 13 nitrogen and oxygen atoms in total. The fourth-order valence-electron chi connectivity index (χ4n) is 2.68. The molecule has 16 heteroatoms. The van der Waals surface area contributed by atoms with E-state index in [9.17, 15) is 41.2 Å². The summed E-state index contributed by atoms with van der Waals surface area (Å²) in [6.45, 7) is 0. The molecule has 0 aliphatic carbocycles. The molecule has 0 aliphatic heterocycles. The number of nitro benzene ring substituents is 1. The Morgan fingerprint density at radius 1 is 1.00 bits per heavy atom. The van der Waals surface area contributed by atoms with Crippen LogP contribution in [0.4, 0.5) is 22.7 Å². The van der Waals surface area contributed by atoms with Gasteiger partial charge in [-0.25, -0.2) is 8.42 Å². The number of nitro groups is 1. The average molecular weight is 490 g/mol. The predicted octanol–water partition coefficient (Wildman–Crippen LogP) is -0.394. The summed E-state index contributed by atoms with van der Waals surface area (Å²) in [4.78, 5) is 8.31. The summed E-state index contributed by atoms with van der Waals surface area (Å²) in [5.74, 6) is -0.878. The first-order valence-electron chi connectivity index (χ1n) is 7.98. The molecule has 4 N–H and O–H groups in total. The van der Waals surface area contributed by atoms with Crippen molar-refractivity contribution in [1.82, 2.24) is 0 Å². The Balaban J connectivity index is 0.00000363. The molecule has 0 radical (unpaired) electrons. The maximum atomic E-state index is 11.7. The molecule has 0 saturated carbocycles. The Bertz CT molecular complexity index is 1470. The SMILES string of the molecule is Nc1cc(S(=O)(=O)O)cc2cc(S(=O)(=O)[O-])c(N=Nc3ccc([N+](=O)[O-])cc3)c(O)c12.[Na+]. The van der Waals surface area contributed by atoms with E-state index >= 15 is 0 Å². The smallest absolute Gasteiger partial charge is 0.744 e. The van der Waals surface area contributed by atoms with Gasteiger partial charge in [-0.1, -0.05) is 0 Å². The minimum absolute atomic E-state index is 0. The summed E-state index contributed by atoms with van der Waals surface area (Å²) in [5, 5.41) is 28.0. The van der Waals surface area contributed by atoms with Crippen molar-refractivity contribution in [3.8, 4) is 5.75 Å². The van der Waals surface area contributed by atoms with E-state index in [1.165, 1.54) is 12.1 Å². The second kappa shape index (κ2) is 9.07. The van der Waals surface area contributed by atoms with Crippen LogP contribution >= 0.6 is 0 Å². The van der Waals surface area contributed by atoms with E-state index in [1.54, 1.807) is 0 Å². The van der Waals surface area contributed by atoms with Crippen LogP contribution in [0.2, 0.25) is 0 Å². The van der Waals surface area contributed by atoms with Gasteiger partial charge in [0, 0.05) is 23.2 Å². The van der Waals surface area contributed by atoms with Crippen molar-refractivity contribution in [1.29, 1.82) is 0 Å². The molecule has 0 aliphatic rings. The number of anilines is 1. The van der Waals surface area contributed by atoms with Crippen molar-refractivity contribution in [2.24, 2.45) is 10.2 Å². The summed E-state index contributed by atoms with van der Waals surface area (Å²) in [6.07, 6.45) is 0. The van der Waals surface area contributed by atoms with E-state index in [-0.39, 0.29) is 57.4 Å². The molecule has 162 valence electrons. The van der Waals surface area contributed by atoms with Crippen molar-refractivity contribution < 1.29 is 65.5 Å². The molecule has 0 atom stereocenters. The molecule has 0 amide bonds. The molecular formula is C16H11N4NaO9S2. The molecule has 0 bridgehead atoms. The zero-order valence-corrected chi connectivity index (χ0v) is 19.7. The molecule has 32 heavy (non-hydrogen) atoms. The number of nitrogens with two attached hydrogens (primary N) is 1. The van der Waals surface area contributed by atoms with Crippen molar-refractivity contribution in [3.63, 3.8) is 0 Å². The summed E-state index contributed by atoms with van der Waals surface area (Å²) in [6, 6.07) is 6.96. The monoisotopic (exact) mass is 490 g/mol. The Morgan fingerprint density at radius 3 is 2.09 bits per heavy atom. The van der Waals surface area contributed by atoms with Gasteiger partial charge in [-0.15, -0.1) is 5.11 Å². The summed E-state index contributed by atoms with van der Waals surface area (Å²) in [7, 11) is -9.96. The van der Waals surface area contributed by atoms with E-state index < -0.39 is 46.4 Å². The second-order valence-corrected chi connectivity index (χ2v) is 8.85. The van der Waals surface area contributed by atoms with Crippen molar-refractivity contribution >= 4 is 53.8 Å². The van der Waals surface area contributed by atoms with Gasteiger partial charge in [0.2, 0.25) is 0 Å². The zero-order chi connectivity index (χ0) is 23.1. The standard InChI is InChI=1S/C16H12N4O9S2.Na/c17-12-7-11(30(24,25)26)5-8-6-13(31(27,28)29)15(16(21)14(8)12)19-18-9-1-3-10(4-2-9)20(22)23;/h1-7,21H,17H2,(H,24,25,26)(H,27,28,29);/q;+1/p-1. The van der Waals surface area contributed by atoms with Crippen LogP contribution in [0.5, 0.6) is 5.75 Å². The van der Waals surface area contributed by atoms with Gasteiger partial charge in [-0.2, -0.15) is 13.5 Å². The van der Waals surface area contributed by atoms with Crippen LogP contribution in [-0.2, 0) is 20.2 Å². The van der Waals surface area contributed by atoms with Gasteiger partial charge in [0.25, 0.3) is 15.8 Å². The first-order valence-corrected chi connectivity index (χ1v) is 10.8. The number of hydrogen-bond donors (Lipinski definition) is 3. The third-order valence-electron chi connectivity index (χ3n) is 4.05. The van der Waals surface area contributed by atoms with E-state index in [0.29, 0.717) is 0 Å². The van der Waals surface area contributed by atoms with E-state index in [0.717, 1.165) is 30.3 Å². The Morgan fingerprint density at radius 2 is 1.59 bits per heavy atom. The fourth-order valence-corrected chi connectivity index (χ4v) is 3.87.